The second-order valence-electron chi connectivity index (χ2n) is 7.70. The summed E-state index contributed by atoms with van der Waals surface area (Å²) in [6, 6.07) is 10.2. The third kappa shape index (κ3) is 4.71. The molecule has 0 bridgehead atoms. The molecule has 0 atom stereocenters. The Morgan fingerprint density at radius 2 is 1.77 bits per heavy atom. The molecule has 0 radical (unpaired) electrons. The minimum absolute atomic E-state index is 0.765. The Morgan fingerprint density at radius 1 is 1.03 bits per heavy atom. The van der Waals surface area contributed by atoms with Gasteiger partial charge in [-0.1, -0.05) is 0 Å². The molecule has 0 amide bonds. The zero-order valence-corrected chi connectivity index (χ0v) is 18.8. The van der Waals surface area contributed by atoms with Crippen LogP contribution in [0.2, 0.25) is 0 Å². The zero-order chi connectivity index (χ0) is 21.1. The van der Waals surface area contributed by atoms with Crippen LogP contribution < -0.4 is 14.5 Å². The Hall–Kier alpha value is -2.71. The van der Waals surface area contributed by atoms with Gasteiger partial charge in [-0.2, -0.15) is 4.98 Å². The lowest BCUT2D eigenvalue weighted by atomic mass is 10.2. The molecule has 8 heteroatoms. The molecule has 1 fully saturated rings. The minimum atomic E-state index is 0.765. The van der Waals surface area contributed by atoms with Crippen molar-refractivity contribution in [1.29, 1.82) is 0 Å². The summed E-state index contributed by atoms with van der Waals surface area (Å²) in [5.74, 6) is 2.65. The standard InChI is InChI=1S/C22H28N6OS/c1-16-13-20(25-22(23-16)26(2)3)28-11-9-27(10-12-28)14-18-15-30-21(24-18)17-5-7-19(29-4)8-6-17/h5-8,13,15H,9-12,14H2,1-4H3. The number of hydrogen-bond acceptors (Lipinski definition) is 8. The van der Waals surface area contributed by atoms with Gasteiger partial charge in [0, 0.05) is 69.5 Å². The molecule has 0 unspecified atom stereocenters. The Kier molecular flexibility index (Phi) is 6.15. The number of rotatable bonds is 6. The predicted molar refractivity (Wildman–Crippen MR) is 123 cm³/mol. The summed E-state index contributed by atoms with van der Waals surface area (Å²) in [7, 11) is 5.64. The van der Waals surface area contributed by atoms with E-state index in [0.29, 0.717) is 0 Å². The molecule has 3 aromatic rings. The number of benzene rings is 1. The summed E-state index contributed by atoms with van der Waals surface area (Å²) >= 11 is 1.70. The molecule has 0 spiro atoms. The van der Waals surface area contributed by atoms with Gasteiger partial charge in [-0.25, -0.2) is 9.97 Å². The van der Waals surface area contributed by atoms with E-state index < -0.39 is 0 Å². The number of piperazine rings is 1. The first-order valence-electron chi connectivity index (χ1n) is 10.1. The summed E-state index contributed by atoms with van der Waals surface area (Å²) in [6.07, 6.45) is 0. The molecule has 0 saturated carbocycles. The monoisotopic (exact) mass is 424 g/mol. The van der Waals surface area contributed by atoms with Crippen LogP contribution in [0.5, 0.6) is 5.75 Å². The molecule has 1 aromatic carbocycles. The van der Waals surface area contributed by atoms with Crippen molar-refractivity contribution in [3.63, 3.8) is 0 Å². The molecule has 2 aromatic heterocycles. The van der Waals surface area contributed by atoms with Crippen LogP contribution in [0.15, 0.2) is 35.7 Å². The zero-order valence-electron chi connectivity index (χ0n) is 18.0. The number of methoxy groups -OCH3 is 1. The summed E-state index contributed by atoms with van der Waals surface area (Å²) < 4.78 is 5.24. The summed E-state index contributed by atoms with van der Waals surface area (Å²) in [4.78, 5) is 20.8. The van der Waals surface area contributed by atoms with Crippen LogP contribution in [-0.2, 0) is 6.54 Å². The predicted octanol–water partition coefficient (Wildman–Crippen LogP) is 3.31. The summed E-state index contributed by atoms with van der Waals surface area (Å²) in [6.45, 7) is 6.81. The third-order valence-corrected chi connectivity index (χ3v) is 6.14. The van der Waals surface area contributed by atoms with Crippen LogP contribution in [0.4, 0.5) is 11.8 Å². The van der Waals surface area contributed by atoms with E-state index in [9.17, 15) is 0 Å². The van der Waals surface area contributed by atoms with Crippen LogP contribution >= 0.6 is 11.3 Å². The quantitative estimate of drug-likeness (QED) is 0.602. The Labute approximate surface area is 182 Å². The van der Waals surface area contributed by atoms with Gasteiger partial charge in [0.05, 0.1) is 12.8 Å². The lowest BCUT2D eigenvalue weighted by molar-refractivity contribution is 0.247. The van der Waals surface area contributed by atoms with Crippen LogP contribution in [0.25, 0.3) is 10.6 Å². The van der Waals surface area contributed by atoms with Crippen molar-refractivity contribution in [3.05, 3.63) is 47.1 Å². The fourth-order valence-corrected chi connectivity index (χ4v) is 4.33. The average molecular weight is 425 g/mol. The normalized spacial score (nSPS) is 14.7. The van der Waals surface area contributed by atoms with Gasteiger partial charge in [0.15, 0.2) is 0 Å². The van der Waals surface area contributed by atoms with Gasteiger partial charge in [0.2, 0.25) is 5.95 Å². The Bertz CT molecular complexity index is 980. The van der Waals surface area contributed by atoms with E-state index in [2.05, 4.69) is 38.4 Å². The van der Waals surface area contributed by atoms with Crippen LogP contribution in [0.3, 0.4) is 0 Å². The molecular formula is C22H28N6OS. The largest absolute Gasteiger partial charge is 0.497 e. The first kappa shape index (κ1) is 20.6. The number of ether oxygens (including phenoxy) is 1. The number of nitrogens with zero attached hydrogens (tertiary/aromatic N) is 6. The van der Waals surface area contributed by atoms with Crippen molar-refractivity contribution in [1.82, 2.24) is 19.9 Å². The van der Waals surface area contributed by atoms with Crippen molar-refractivity contribution in [2.45, 2.75) is 13.5 Å². The molecular weight excluding hydrogens is 396 g/mol. The summed E-state index contributed by atoms with van der Waals surface area (Å²) in [5, 5.41) is 3.22. The number of thiazole rings is 1. The van der Waals surface area contributed by atoms with Gasteiger partial charge >= 0.3 is 0 Å². The van der Waals surface area contributed by atoms with Crippen molar-refractivity contribution >= 4 is 23.1 Å². The Balaban J connectivity index is 1.36. The highest BCUT2D eigenvalue weighted by molar-refractivity contribution is 7.13. The van der Waals surface area contributed by atoms with Gasteiger partial charge < -0.3 is 14.5 Å². The first-order chi connectivity index (χ1) is 14.5. The average Bonchev–Trinajstić information content (AvgIpc) is 3.22. The van der Waals surface area contributed by atoms with Gasteiger partial charge in [0.25, 0.3) is 0 Å². The smallest absolute Gasteiger partial charge is 0.226 e. The fraction of sp³-hybridized carbons (Fsp3) is 0.409. The molecule has 3 heterocycles. The van der Waals surface area contributed by atoms with E-state index in [-0.39, 0.29) is 0 Å². The summed E-state index contributed by atoms with van der Waals surface area (Å²) in [5.41, 5.74) is 3.26. The van der Waals surface area contributed by atoms with E-state index in [0.717, 1.165) is 72.2 Å². The van der Waals surface area contributed by atoms with E-state index >= 15 is 0 Å². The van der Waals surface area contributed by atoms with Gasteiger partial charge in [-0.05, 0) is 31.2 Å². The molecule has 158 valence electrons. The lowest BCUT2D eigenvalue weighted by Crippen LogP contribution is -2.46. The van der Waals surface area contributed by atoms with Crippen molar-refractivity contribution in [2.24, 2.45) is 0 Å². The van der Waals surface area contributed by atoms with E-state index in [1.807, 2.05) is 38.1 Å². The second kappa shape index (κ2) is 8.97. The SMILES string of the molecule is COc1ccc(-c2nc(CN3CCN(c4cc(C)nc(N(C)C)n4)CC3)cs2)cc1. The lowest BCUT2D eigenvalue weighted by Gasteiger charge is -2.35. The van der Waals surface area contributed by atoms with Crippen molar-refractivity contribution in [3.8, 4) is 16.3 Å². The molecule has 1 saturated heterocycles. The molecule has 1 aliphatic rings. The highest BCUT2D eigenvalue weighted by Gasteiger charge is 2.20. The van der Waals surface area contributed by atoms with Crippen LogP contribution in [0, 0.1) is 6.92 Å². The van der Waals surface area contributed by atoms with Gasteiger partial charge in [0.1, 0.15) is 16.6 Å². The molecule has 0 N–H and O–H groups in total. The molecule has 0 aliphatic carbocycles. The highest BCUT2D eigenvalue weighted by atomic mass is 32.1. The number of aromatic nitrogens is 3. The Morgan fingerprint density at radius 3 is 2.43 bits per heavy atom. The van der Waals surface area contributed by atoms with Crippen LogP contribution in [-0.4, -0.2) is 67.2 Å². The maximum absolute atomic E-state index is 5.24. The van der Waals surface area contributed by atoms with E-state index in [1.54, 1.807) is 18.4 Å². The van der Waals surface area contributed by atoms with Crippen LogP contribution in [0.1, 0.15) is 11.4 Å². The first-order valence-corrected chi connectivity index (χ1v) is 11.0. The fourth-order valence-electron chi connectivity index (χ4n) is 3.51. The molecule has 7 nitrogen and oxygen atoms in total. The third-order valence-electron chi connectivity index (χ3n) is 5.20. The minimum Gasteiger partial charge on any atom is -0.497 e. The second-order valence-corrected chi connectivity index (χ2v) is 8.56. The van der Waals surface area contributed by atoms with Crippen molar-refractivity contribution in [2.75, 3.05) is 57.2 Å². The van der Waals surface area contributed by atoms with E-state index in [4.69, 9.17) is 14.7 Å². The topological polar surface area (TPSA) is 57.6 Å². The maximum Gasteiger partial charge on any atom is 0.226 e. The molecule has 1 aliphatic heterocycles. The molecule has 4 rings (SSSR count). The number of hydrogen-bond donors (Lipinski definition) is 0. The van der Waals surface area contributed by atoms with Crippen molar-refractivity contribution < 1.29 is 4.74 Å². The van der Waals surface area contributed by atoms with E-state index in [1.165, 1.54) is 0 Å². The maximum atomic E-state index is 5.24. The highest BCUT2D eigenvalue weighted by Crippen LogP contribution is 2.26. The number of anilines is 2. The van der Waals surface area contributed by atoms with Gasteiger partial charge in [-0.3, -0.25) is 4.90 Å². The van der Waals surface area contributed by atoms with Gasteiger partial charge in [-0.15, -0.1) is 11.3 Å². The molecule has 30 heavy (non-hydrogen) atoms. The number of aryl methyl sites for hydroxylation is 1.